The standard InChI is InChI=1S/C14H20N2OS/c1-2-11-8-12(3-4-14(11)18-7-1)16-9-13-10-17-6-5-15-13/h3-4,8,13,15-16H,1-2,5-7,9-10H2. The van der Waals surface area contributed by atoms with Crippen LogP contribution >= 0.6 is 11.8 Å². The Morgan fingerprint density at radius 1 is 1.44 bits per heavy atom. The first-order chi connectivity index (χ1) is 8.92. The summed E-state index contributed by atoms with van der Waals surface area (Å²) >= 11 is 1.98. The van der Waals surface area contributed by atoms with Gasteiger partial charge >= 0.3 is 0 Å². The third-order valence-corrected chi connectivity index (χ3v) is 4.66. The molecule has 98 valence electrons. The SMILES string of the molecule is c1cc2c(cc1NCC1COCCN1)CCCS2. The van der Waals surface area contributed by atoms with Crippen molar-refractivity contribution in [2.24, 2.45) is 0 Å². The number of ether oxygens (including phenoxy) is 1. The largest absolute Gasteiger partial charge is 0.383 e. The molecule has 2 heterocycles. The number of rotatable bonds is 3. The van der Waals surface area contributed by atoms with Gasteiger partial charge in [0, 0.05) is 29.7 Å². The minimum absolute atomic E-state index is 0.434. The quantitative estimate of drug-likeness (QED) is 0.876. The molecule has 1 aromatic rings. The van der Waals surface area contributed by atoms with Crippen molar-refractivity contribution in [1.29, 1.82) is 0 Å². The Hall–Kier alpha value is -0.710. The molecule has 0 bridgehead atoms. The van der Waals surface area contributed by atoms with Crippen LogP contribution in [0.15, 0.2) is 23.1 Å². The minimum atomic E-state index is 0.434. The Morgan fingerprint density at radius 3 is 3.33 bits per heavy atom. The second-order valence-electron chi connectivity index (χ2n) is 4.88. The first kappa shape index (κ1) is 12.3. The summed E-state index contributed by atoms with van der Waals surface area (Å²) < 4.78 is 5.46. The van der Waals surface area contributed by atoms with E-state index in [0.717, 1.165) is 26.3 Å². The molecule has 3 nitrogen and oxygen atoms in total. The minimum Gasteiger partial charge on any atom is -0.383 e. The van der Waals surface area contributed by atoms with Crippen LogP contribution in [0.25, 0.3) is 0 Å². The molecular formula is C14H20N2OS. The fraction of sp³-hybridized carbons (Fsp3) is 0.571. The van der Waals surface area contributed by atoms with Crippen LogP contribution in [0, 0.1) is 0 Å². The molecule has 0 radical (unpaired) electrons. The van der Waals surface area contributed by atoms with E-state index >= 15 is 0 Å². The molecule has 2 aliphatic heterocycles. The lowest BCUT2D eigenvalue weighted by Gasteiger charge is -2.24. The van der Waals surface area contributed by atoms with E-state index in [1.807, 2.05) is 11.8 Å². The summed E-state index contributed by atoms with van der Waals surface area (Å²) in [6.07, 6.45) is 2.53. The number of fused-ring (bicyclic) bond motifs is 1. The fourth-order valence-corrected chi connectivity index (χ4v) is 3.48. The summed E-state index contributed by atoms with van der Waals surface area (Å²) in [7, 11) is 0. The molecule has 1 aromatic carbocycles. The molecule has 1 fully saturated rings. The number of thioether (sulfide) groups is 1. The first-order valence-corrected chi connectivity index (χ1v) is 7.71. The van der Waals surface area contributed by atoms with Gasteiger partial charge in [0.2, 0.25) is 0 Å². The molecule has 1 saturated heterocycles. The van der Waals surface area contributed by atoms with E-state index in [-0.39, 0.29) is 0 Å². The van der Waals surface area contributed by atoms with Gasteiger partial charge in [-0.15, -0.1) is 11.8 Å². The highest BCUT2D eigenvalue weighted by Crippen LogP contribution is 2.31. The number of nitrogens with one attached hydrogen (secondary N) is 2. The summed E-state index contributed by atoms with van der Waals surface area (Å²) in [6, 6.07) is 7.20. The van der Waals surface area contributed by atoms with E-state index in [0.29, 0.717) is 6.04 Å². The Kier molecular flexibility index (Phi) is 4.08. The zero-order valence-electron chi connectivity index (χ0n) is 10.6. The van der Waals surface area contributed by atoms with Crippen LogP contribution in [0.1, 0.15) is 12.0 Å². The third-order valence-electron chi connectivity index (χ3n) is 3.46. The third kappa shape index (κ3) is 2.99. The topological polar surface area (TPSA) is 33.3 Å². The maximum Gasteiger partial charge on any atom is 0.0637 e. The average molecular weight is 264 g/mol. The number of hydrogen-bond donors (Lipinski definition) is 2. The van der Waals surface area contributed by atoms with Gasteiger partial charge in [-0.1, -0.05) is 0 Å². The van der Waals surface area contributed by atoms with Crippen molar-refractivity contribution in [3.05, 3.63) is 23.8 Å². The summed E-state index contributed by atoms with van der Waals surface area (Å²) in [5, 5.41) is 6.97. The highest BCUT2D eigenvalue weighted by molar-refractivity contribution is 7.99. The van der Waals surface area contributed by atoms with Crippen LogP contribution in [-0.4, -0.2) is 38.1 Å². The number of benzene rings is 1. The molecule has 2 aliphatic rings. The van der Waals surface area contributed by atoms with Crippen LogP contribution in [0.2, 0.25) is 0 Å². The number of anilines is 1. The predicted octanol–water partition coefficient (Wildman–Crippen LogP) is 2.13. The van der Waals surface area contributed by atoms with Crippen molar-refractivity contribution in [1.82, 2.24) is 5.32 Å². The second-order valence-corrected chi connectivity index (χ2v) is 6.02. The van der Waals surface area contributed by atoms with E-state index in [9.17, 15) is 0 Å². The Morgan fingerprint density at radius 2 is 2.44 bits per heavy atom. The lowest BCUT2D eigenvalue weighted by molar-refractivity contribution is 0.0806. The normalized spacial score (nSPS) is 23.4. The van der Waals surface area contributed by atoms with Crippen molar-refractivity contribution >= 4 is 17.4 Å². The van der Waals surface area contributed by atoms with E-state index < -0.39 is 0 Å². The molecule has 2 N–H and O–H groups in total. The van der Waals surface area contributed by atoms with Gasteiger partial charge in [-0.05, 0) is 42.4 Å². The van der Waals surface area contributed by atoms with Gasteiger partial charge in [0.1, 0.15) is 0 Å². The van der Waals surface area contributed by atoms with E-state index in [4.69, 9.17) is 4.74 Å². The fourth-order valence-electron chi connectivity index (χ4n) is 2.46. The molecule has 0 aliphatic carbocycles. The smallest absolute Gasteiger partial charge is 0.0637 e. The Labute approximate surface area is 113 Å². The number of hydrogen-bond acceptors (Lipinski definition) is 4. The zero-order valence-corrected chi connectivity index (χ0v) is 11.4. The first-order valence-electron chi connectivity index (χ1n) is 6.72. The highest BCUT2D eigenvalue weighted by Gasteiger charge is 2.13. The maximum atomic E-state index is 5.46. The number of aryl methyl sites for hydroxylation is 1. The van der Waals surface area contributed by atoms with Crippen molar-refractivity contribution < 1.29 is 4.74 Å². The van der Waals surface area contributed by atoms with E-state index in [2.05, 4.69) is 28.8 Å². The lowest BCUT2D eigenvalue weighted by Crippen LogP contribution is -2.45. The average Bonchev–Trinajstić information content (AvgIpc) is 2.46. The summed E-state index contributed by atoms with van der Waals surface area (Å²) in [6.45, 7) is 3.56. The number of morpholine rings is 1. The van der Waals surface area contributed by atoms with E-state index in [1.165, 1.54) is 34.7 Å². The highest BCUT2D eigenvalue weighted by atomic mass is 32.2. The van der Waals surface area contributed by atoms with Gasteiger partial charge in [0.25, 0.3) is 0 Å². The lowest BCUT2D eigenvalue weighted by atomic mass is 10.1. The van der Waals surface area contributed by atoms with Crippen molar-refractivity contribution in [2.75, 3.05) is 37.4 Å². The summed E-state index contributed by atoms with van der Waals surface area (Å²) in [4.78, 5) is 1.46. The maximum absolute atomic E-state index is 5.46. The van der Waals surface area contributed by atoms with Gasteiger partial charge in [-0.2, -0.15) is 0 Å². The Bertz CT molecular complexity index is 405. The second kappa shape index (κ2) is 5.95. The predicted molar refractivity (Wildman–Crippen MR) is 76.6 cm³/mol. The van der Waals surface area contributed by atoms with Gasteiger partial charge in [-0.25, -0.2) is 0 Å². The molecular weight excluding hydrogens is 244 g/mol. The van der Waals surface area contributed by atoms with Gasteiger partial charge < -0.3 is 15.4 Å². The van der Waals surface area contributed by atoms with Gasteiger partial charge in [0.05, 0.1) is 13.2 Å². The van der Waals surface area contributed by atoms with Crippen LogP contribution in [-0.2, 0) is 11.2 Å². The molecule has 0 aromatic heterocycles. The molecule has 3 rings (SSSR count). The van der Waals surface area contributed by atoms with Crippen LogP contribution in [0.4, 0.5) is 5.69 Å². The zero-order chi connectivity index (χ0) is 12.2. The Balaban J connectivity index is 1.58. The molecule has 1 atom stereocenters. The molecule has 0 spiro atoms. The van der Waals surface area contributed by atoms with E-state index in [1.54, 1.807) is 0 Å². The van der Waals surface area contributed by atoms with Gasteiger partial charge in [0.15, 0.2) is 0 Å². The van der Waals surface area contributed by atoms with Crippen LogP contribution in [0.5, 0.6) is 0 Å². The molecule has 1 unspecified atom stereocenters. The van der Waals surface area contributed by atoms with Crippen LogP contribution in [0.3, 0.4) is 0 Å². The van der Waals surface area contributed by atoms with Crippen molar-refractivity contribution in [3.8, 4) is 0 Å². The van der Waals surface area contributed by atoms with Crippen LogP contribution < -0.4 is 10.6 Å². The molecule has 0 amide bonds. The van der Waals surface area contributed by atoms with Gasteiger partial charge in [-0.3, -0.25) is 0 Å². The summed E-state index contributed by atoms with van der Waals surface area (Å²) in [5.41, 5.74) is 2.74. The molecule has 4 heteroatoms. The molecule has 0 saturated carbocycles. The van der Waals surface area contributed by atoms with Crippen molar-refractivity contribution in [3.63, 3.8) is 0 Å². The molecule has 18 heavy (non-hydrogen) atoms. The summed E-state index contributed by atoms with van der Waals surface area (Å²) in [5.74, 6) is 1.27. The van der Waals surface area contributed by atoms with Crippen molar-refractivity contribution in [2.45, 2.75) is 23.8 Å². The monoisotopic (exact) mass is 264 g/mol.